The van der Waals surface area contributed by atoms with Gasteiger partial charge in [-0.3, -0.25) is 4.90 Å². The molecule has 108 valence electrons. The second-order valence-corrected chi connectivity index (χ2v) is 6.16. The number of hydrogen-bond acceptors (Lipinski definition) is 3. The van der Waals surface area contributed by atoms with Crippen LogP contribution in [0.4, 0.5) is 0 Å². The third-order valence-electron chi connectivity index (χ3n) is 4.11. The Morgan fingerprint density at radius 3 is 2.63 bits per heavy atom. The zero-order valence-corrected chi connectivity index (χ0v) is 12.5. The monoisotopic (exact) mass is 264 g/mol. The van der Waals surface area contributed by atoms with Crippen molar-refractivity contribution < 1.29 is 0 Å². The first-order valence-electron chi connectivity index (χ1n) is 7.59. The molecule has 2 heterocycles. The molecule has 3 unspecified atom stereocenters. The minimum atomic E-state index is 0.319. The highest BCUT2D eigenvalue weighted by Crippen LogP contribution is 2.28. The van der Waals surface area contributed by atoms with E-state index in [0.29, 0.717) is 12.6 Å². The highest BCUT2D eigenvalue weighted by atomic mass is 15.2. The summed E-state index contributed by atoms with van der Waals surface area (Å²) in [6, 6.07) is 0.319. The Bertz CT molecular complexity index is 377. The van der Waals surface area contributed by atoms with E-state index in [-0.39, 0.29) is 0 Å². The number of aryl methyl sites for hydroxylation is 1. The fourth-order valence-corrected chi connectivity index (χ4v) is 3.46. The zero-order valence-electron chi connectivity index (χ0n) is 12.5. The van der Waals surface area contributed by atoms with E-state index in [1.54, 1.807) is 0 Å². The van der Waals surface area contributed by atoms with Crippen LogP contribution >= 0.6 is 0 Å². The molecule has 0 aromatic carbocycles. The smallest absolute Gasteiger partial charge is 0.0948 e. The van der Waals surface area contributed by atoms with Crippen molar-refractivity contribution in [3.05, 3.63) is 18.2 Å². The van der Waals surface area contributed by atoms with Gasteiger partial charge in [-0.15, -0.1) is 0 Å². The molecular weight excluding hydrogens is 236 g/mol. The Morgan fingerprint density at radius 2 is 2.05 bits per heavy atom. The van der Waals surface area contributed by atoms with Crippen LogP contribution in [0.2, 0.25) is 0 Å². The lowest BCUT2D eigenvalue weighted by atomic mass is 9.90. The van der Waals surface area contributed by atoms with E-state index in [2.05, 4.69) is 35.2 Å². The molecule has 3 atom stereocenters. The lowest BCUT2D eigenvalue weighted by molar-refractivity contribution is 0.0947. The van der Waals surface area contributed by atoms with E-state index in [1.807, 2.05) is 12.5 Å². The van der Waals surface area contributed by atoms with Crippen molar-refractivity contribution in [2.75, 3.05) is 19.6 Å². The number of nitrogens with zero attached hydrogens (tertiary/aromatic N) is 3. The fraction of sp³-hybridized carbons (Fsp3) is 0.800. The van der Waals surface area contributed by atoms with Gasteiger partial charge in [0.15, 0.2) is 0 Å². The Morgan fingerprint density at radius 1 is 1.37 bits per heavy atom. The van der Waals surface area contributed by atoms with Crippen LogP contribution in [0, 0.1) is 11.8 Å². The minimum absolute atomic E-state index is 0.319. The SMILES string of the molecule is CCCn1cncc1C(CN)N1CC(C)CC(C)C1. The number of hydrogen-bond donors (Lipinski definition) is 1. The first-order chi connectivity index (χ1) is 9.15. The molecule has 19 heavy (non-hydrogen) atoms. The Hall–Kier alpha value is -0.870. The lowest BCUT2D eigenvalue weighted by Crippen LogP contribution is -2.44. The molecular formula is C15H28N4. The topological polar surface area (TPSA) is 47.1 Å². The molecule has 0 saturated carbocycles. The summed E-state index contributed by atoms with van der Waals surface area (Å²) in [6.07, 6.45) is 6.41. The normalized spacial score (nSPS) is 26.5. The average molecular weight is 264 g/mol. The number of rotatable bonds is 5. The molecule has 1 aromatic rings. The summed E-state index contributed by atoms with van der Waals surface area (Å²) in [4.78, 5) is 6.88. The first kappa shape index (κ1) is 14.5. The number of likely N-dealkylation sites (tertiary alicyclic amines) is 1. The highest BCUT2D eigenvalue weighted by molar-refractivity contribution is 5.07. The Kier molecular flexibility index (Phi) is 4.99. The average Bonchev–Trinajstić information content (AvgIpc) is 2.78. The summed E-state index contributed by atoms with van der Waals surface area (Å²) in [5.41, 5.74) is 7.35. The van der Waals surface area contributed by atoms with Crippen molar-refractivity contribution in [2.24, 2.45) is 17.6 Å². The first-order valence-corrected chi connectivity index (χ1v) is 7.59. The molecule has 0 radical (unpaired) electrons. The molecule has 1 aliphatic heterocycles. The summed E-state index contributed by atoms with van der Waals surface area (Å²) in [6.45, 7) is 10.9. The van der Waals surface area contributed by atoms with Gasteiger partial charge in [0.2, 0.25) is 0 Å². The lowest BCUT2D eigenvalue weighted by Gasteiger charge is -2.39. The summed E-state index contributed by atoms with van der Waals surface area (Å²) < 4.78 is 2.27. The summed E-state index contributed by atoms with van der Waals surface area (Å²) in [5, 5.41) is 0. The fourth-order valence-electron chi connectivity index (χ4n) is 3.46. The quantitative estimate of drug-likeness (QED) is 0.887. The predicted molar refractivity (Wildman–Crippen MR) is 78.8 cm³/mol. The van der Waals surface area contributed by atoms with Gasteiger partial charge in [-0.1, -0.05) is 20.8 Å². The minimum Gasteiger partial charge on any atom is -0.333 e. The molecule has 2 N–H and O–H groups in total. The van der Waals surface area contributed by atoms with Crippen molar-refractivity contribution in [3.63, 3.8) is 0 Å². The van der Waals surface area contributed by atoms with Crippen LogP contribution in [0.15, 0.2) is 12.5 Å². The van der Waals surface area contributed by atoms with Gasteiger partial charge in [-0.2, -0.15) is 0 Å². The summed E-state index contributed by atoms with van der Waals surface area (Å²) >= 11 is 0. The van der Waals surface area contributed by atoms with Crippen molar-refractivity contribution in [1.29, 1.82) is 0 Å². The van der Waals surface area contributed by atoms with Gasteiger partial charge < -0.3 is 10.3 Å². The van der Waals surface area contributed by atoms with Crippen LogP contribution in [-0.2, 0) is 6.54 Å². The molecule has 4 heteroatoms. The van der Waals surface area contributed by atoms with Gasteiger partial charge in [0, 0.05) is 32.4 Å². The molecule has 0 amide bonds. The van der Waals surface area contributed by atoms with E-state index < -0.39 is 0 Å². The summed E-state index contributed by atoms with van der Waals surface area (Å²) in [7, 11) is 0. The maximum absolute atomic E-state index is 6.07. The Labute approximate surface area is 117 Å². The third-order valence-corrected chi connectivity index (χ3v) is 4.11. The molecule has 1 saturated heterocycles. The van der Waals surface area contributed by atoms with E-state index in [4.69, 9.17) is 5.73 Å². The molecule has 1 aromatic heterocycles. The molecule has 4 nitrogen and oxygen atoms in total. The second-order valence-electron chi connectivity index (χ2n) is 6.16. The van der Waals surface area contributed by atoms with Gasteiger partial charge in [-0.05, 0) is 24.7 Å². The van der Waals surface area contributed by atoms with Crippen LogP contribution in [0.5, 0.6) is 0 Å². The standard InChI is InChI=1S/C15H28N4/c1-4-5-18-11-17-8-15(18)14(7-16)19-9-12(2)6-13(3)10-19/h8,11-14H,4-7,9-10,16H2,1-3H3. The van der Waals surface area contributed by atoms with Crippen molar-refractivity contribution in [1.82, 2.24) is 14.5 Å². The number of imidazole rings is 1. The van der Waals surface area contributed by atoms with Crippen LogP contribution < -0.4 is 5.73 Å². The number of nitrogens with two attached hydrogens (primary N) is 1. The van der Waals surface area contributed by atoms with Crippen LogP contribution in [0.25, 0.3) is 0 Å². The molecule has 1 fully saturated rings. The van der Waals surface area contributed by atoms with Crippen molar-refractivity contribution >= 4 is 0 Å². The highest BCUT2D eigenvalue weighted by Gasteiger charge is 2.29. The number of piperidine rings is 1. The number of aromatic nitrogens is 2. The van der Waals surface area contributed by atoms with Gasteiger partial charge in [0.05, 0.1) is 18.1 Å². The summed E-state index contributed by atoms with van der Waals surface area (Å²) in [5.74, 6) is 1.53. The van der Waals surface area contributed by atoms with E-state index >= 15 is 0 Å². The van der Waals surface area contributed by atoms with Gasteiger partial charge in [-0.25, -0.2) is 4.98 Å². The van der Waals surface area contributed by atoms with Crippen molar-refractivity contribution in [3.8, 4) is 0 Å². The molecule has 0 aliphatic carbocycles. The van der Waals surface area contributed by atoms with Crippen LogP contribution in [-0.4, -0.2) is 34.1 Å². The van der Waals surface area contributed by atoms with Gasteiger partial charge in [0.25, 0.3) is 0 Å². The maximum atomic E-state index is 6.07. The molecule has 1 aliphatic rings. The van der Waals surface area contributed by atoms with Gasteiger partial charge >= 0.3 is 0 Å². The zero-order chi connectivity index (χ0) is 13.8. The van der Waals surface area contributed by atoms with Crippen LogP contribution in [0.1, 0.15) is 45.3 Å². The van der Waals surface area contributed by atoms with Crippen molar-refractivity contribution in [2.45, 2.75) is 46.2 Å². The second kappa shape index (κ2) is 6.53. The molecule has 0 spiro atoms. The third kappa shape index (κ3) is 3.37. The predicted octanol–water partition coefficient (Wildman–Crippen LogP) is 2.27. The largest absolute Gasteiger partial charge is 0.333 e. The van der Waals surface area contributed by atoms with E-state index in [1.165, 1.54) is 12.1 Å². The van der Waals surface area contributed by atoms with E-state index in [0.717, 1.165) is 37.9 Å². The van der Waals surface area contributed by atoms with E-state index in [9.17, 15) is 0 Å². The van der Waals surface area contributed by atoms with Crippen LogP contribution in [0.3, 0.4) is 0 Å². The molecule has 2 rings (SSSR count). The Balaban J connectivity index is 2.16. The maximum Gasteiger partial charge on any atom is 0.0948 e. The molecule has 0 bridgehead atoms. The van der Waals surface area contributed by atoms with Gasteiger partial charge in [0.1, 0.15) is 0 Å².